The van der Waals surface area contributed by atoms with E-state index in [-0.39, 0.29) is 31.4 Å². The van der Waals surface area contributed by atoms with Gasteiger partial charge in [0.2, 0.25) is 0 Å². The number of fused-ring (bicyclic) bond motifs is 3. The second-order valence-corrected chi connectivity index (χ2v) is 8.77. The third kappa shape index (κ3) is 4.69. The van der Waals surface area contributed by atoms with Gasteiger partial charge in [0.15, 0.2) is 5.91 Å². The van der Waals surface area contributed by atoms with Crippen LogP contribution in [-0.4, -0.2) is 25.2 Å². The van der Waals surface area contributed by atoms with E-state index in [1.807, 2.05) is 54.1 Å². The minimum absolute atomic E-state index is 0.0252. The summed E-state index contributed by atoms with van der Waals surface area (Å²) in [6, 6.07) is 22.3. The number of rotatable bonds is 7. The maximum absolute atomic E-state index is 12.1. The van der Waals surface area contributed by atoms with E-state index >= 15 is 0 Å². The second-order valence-electron chi connectivity index (χ2n) is 7.02. The summed E-state index contributed by atoms with van der Waals surface area (Å²) in [5, 5.41) is 5.44. The van der Waals surface area contributed by atoms with Crippen molar-refractivity contribution in [3.63, 3.8) is 0 Å². The Balaban J connectivity index is 1.23. The molecular weight excluding hydrogens is 395 g/mol. The summed E-state index contributed by atoms with van der Waals surface area (Å²) in [6.45, 7) is 0.494. The van der Waals surface area contributed by atoms with Crippen LogP contribution >= 0.6 is 7.53 Å². The van der Waals surface area contributed by atoms with E-state index in [0.717, 1.165) is 0 Å². The number of hydrogen-bond acceptors (Lipinski definition) is 3. The average Bonchev–Trinajstić information content (AvgIpc) is 3.11. The van der Waals surface area contributed by atoms with Crippen LogP contribution in [-0.2, 0) is 9.53 Å². The first-order valence-electron chi connectivity index (χ1n) is 9.90. The van der Waals surface area contributed by atoms with Gasteiger partial charge in [0, 0.05) is 18.9 Å². The monoisotopic (exact) mass is 418 g/mol. The highest BCUT2D eigenvalue weighted by molar-refractivity contribution is 7.50. The van der Waals surface area contributed by atoms with Gasteiger partial charge in [0.05, 0.1) is 11.6 Å². The zero-order chi connectivity index (χ0) is 20.8. The van der Waals surface area contributed by atoms with E-state index in [1.165, 1.54) is 22.3 Å². The molecule has 1 heterocycles. The average molecular weight is 418 g/mol. The molecule has 0 spiro atoms. The van der Waals surface area contributed by atoms with Gasteiger partial charge in [-0.05, 0) is 48.2 Å². The molecule has 5 nitrogen and oxygen atoms in total. The van der Waals surface area contributed by atoms with Crippen molar-refractivity contribution in [2.45, 2.75) is 12.3 Å². The summed E-state index contributed by atoms with van der Waals surface area (Å²) >= 11 is 0. The topological polar surface area (TPSA) is 67.4 Å². The van der Waals surface area contributed by atoms with Gasteiger partial charge in [-0.25, -0.2) is 4.79 Å². The molecule has 0 unspecified atom stereocenters. The number of alkyl carbamates (subject to hydrolysis) is 1. The fourth-order valence-corrected chi connectivity index (χ4v) is 4.81. The first kappa shape index (κ1) is 20.1. The van der Waals surface area contributed by atoms with Crippen LogP contribution in [0.3, 0.4) is 0 Å². The fraction of sp³-hybridized carbons (Fsp3) is 0.167. The Kier molecular flexibility index (Phi) is 6.41. The highest BCUT2D eigenvalue weighted by Crippen LogP contribution is 2.44. The van der Waals surface area contributed by atoms with E-state index in [2.05, 4.69) is 34.9 Å². The predicted octanol–water partition coefficient (Wildman–Crippen LogP) is 4.97. The van der Waals surface area contributed by atoms with Gasteiger partial charge in [-0.1, -0.05) is 54.6 Å². The number of benzene rings is 2. The van der Waals surface area contributed by atoms with Gasteiger partial charge in [-0.3, -0.25) is 4.79 Å². The Morgan fingerprint density at radius 3 is 2.20 bits per heavy atom. The first-order chi connectivity index (χ1) is 14.7. The molecule has 0 aliphatic heterocycles. The second kappa shape index (κ2) is 9.55. The molecule has 0 saturated heterocycles. The molecule has 4 rings (SSSR count). The molecule has 1 aromatic heterocycles. The Bertz CT molecular complexity index is 994. The number of amides is 2. The molecule has 2 amide bonds. The van der Waals surface area contributed by atoms with E-state index in [9.17, 15) is 9.59 Å². The molecule has 0 bridgehead atoms. The number of carbonyl (C=O) groups is 2. The Morgan fingerprint density at radius 1 is 0.900 bits per heavy atom. The Morgan fingerprint density at radius 2 is 1.53 bits per heavy atom. The highest BCUT2D eigenvalue weighted by atomic mass is 31.1. The molecule has 6 heteroatoms. The third-order valence-electron chi connectivity index (χ3n) is 5.08. The quantitative estimate of drug-likeness (QED) is 0.533. The van der Waals surface area contributed by atoms with Gasteiger partial charge in [0.25, 0.3) is 0 Å². The Hall–Kier alpha value is -3.17. The van der Waals surface area contributed by atoms with Gasteiger partial charge in [0.1, 0.15) is 6.61 Å². The van der Waals surface area contributed by atoms with Crippen LogP contribution in [0.1, 0.15) is 23.5 Å². The van der Waals surface area contributed by atoms with Crippen LogP contribution in [0, 0.1) is 6.29 Å². The maximum atomic E-state index is 12.1. The molecule has 0 saturated carbocycles. The van der Waals surface area contributed by atoms with Crippen LogP contribution in [0.25, 0.3) is 11.1 Å². The van der Waals surface area contributed by atoms with E-state index in [0.29, 0.717) is 0 Å². The zero-order valence-corrected chi connectivity index (χ0v) is 17.3. The summed E-state index contributed by atoms with van der Waals surface area (Å²) < 4.78 is 5.47. The number of ether oxygens (including phenoxy) is 1. The molecule has 2 N–H and O–H groups in total. The molecular formula is C24H23N2O3P. The summed E-state index contributed by atoms with van der Waals surface area (Å²) in [7, 11) is -0.547. The van der Waals surface area contributed by atoms with Crippen LogP contribution in [0.2, 0.25) is 0 Å². The van der Waals surface area contributed by atoms with E-state index in [4.69, 9.17) is 4.74 Å². The standard InChI is InChI=1S/C24H23N2O3P/c27-23(26-17-30-14-6-1-7-15-30)12-13-25-24(28)29-16-22-20-10-4-2-8-18(20)19-9-3-5-11-21(19)22/h1-11,14-15,17,22H,12-13,16H2,(H,25,28)(H,26,27). The Labute approximate surface area is 177 Å². The summed E-state index contributed by atoms with van der Waals surface area (Å²) in [4.78, 5) is 24.0. The van der Waals surface area contributed by atoms with Crippen LogP contribution in [0.4, 0.5) is 4.79 Å². The molecule has 3 aromatic rings. The van der Waals surface area contributed by atoms with Crippen molar-refractivity contribution in [1.82, 2.24) is 10.6 Å². The van der Waals surface area contributed by atoms with Crippen LogP contribution in [0.5, 0.6) is 0 Å². The molecule has 0 fully saturated rings. The van der Waals surface area contributed by atoms with Crippen LogP contribution < -0.4 is 10.6 Å². The minimum atomic E-state index is -0.547. The SMILES string of the molecule is O=C(CCNC(=O)OCC1c2ccccc2-c2ccccc21)N[CH-][p+]1ccccc1. The van der Waals surface area contributed by atoms with Gasteiger partial charge < -0.3 is 15.4 Å². The van der Waals surface area contributed by atoms with E-state index in [1.54, 1.807) is 6.29 Å². The smallest absolute Gasteiger partial charge is 0.407 e. The number of carbonyl (C=O) groups excluding carboxylic acids is 2. The summed E-state index contributed by atoms with van der Waals surface area (Å²) in [5.41, 5.74) is 4.73. The third-order valence-corrected chi connectivity index (χ3v) is 6.54. The molecule has 152 valence electrons. The molecule has 0 atom stereocenters. The van der Waals surface area contributed by atoms with E-state index < -0.39 is 13.6 Å². The summed E-state index contributed by atoms with van der Waals surface area (Å²) in [6.07, 6.45) is 1.49. The van der Waals surface area contributed by atoms with Crippen molar-refractivity contribution in [2.24, 2.45) is 0 Å². The number of hydrogen-bond donors (Lipinski definition) is 2. The first-order valence-corrected chi connectivity index (χ1v) is 11.4. The van der Waals surface area contributed by atoms with Crippen molar-refractivity contribution >= 4 is 19.5 Å². The lowest BCUT2D eigenvalue weighted by Gasteiger charge is -2.14. The van der Waals surface area contributed by atoms with Crippen molar-refractivity contribution < 1.29 is 14.3 Å². The molecule has 0 radical (unpaired) electrons. The van der Waals surface area contributed by atoms with Crippen molar-refractivity contribution in [3.05, 3.63) is 95.7 Å². The molecule has 1 aliphatic carbocycles. The normalized spacial score (nSPS) is 12.0. The maximum Gasteiger partial charge on any atom is 0.407 e. The minimum Gasteiger partial charge on any atom is -0.462 e. The lowest BCUT2D eigenvalue weighted by molar-refractivity contribution is -0.120. The van der Waals surface area contributed by atoms with Crippen molar-refractivity contribution in [2.75, 3.05) is 13.2 Å². The molecule has 1 aliphatic rings. The zero-order valence-electron chi connectivity index (χ0n) is 16.5. The molecule has 30 heavy (non-hydrogen) atoms. The molecule has 2 aromatic carbocycles. The van der Waals surface area contributed by atoms with Gasteiger partial charge in [-0.2, -0.15) is 0 Å². The lowest BCUT2D eigenvalue weighted by Crippen LogP contribution is -2.30. The summed E-state index contributed by atoms with van der Waals surface area (Å²) in [5.74, 6) is 3.99. The van der Waals surface area contributed by atoms with Crippen molar-refractivity contribution in [1.29, 1.82) is 0 Å². The van der Waals surface area contributed by atoms with Crippen molar-refractivity contribution in [3.8, 4) is 11.1 Å². The van der Waals surface area contributed by atoms with Gasteiger partial charge >= 0.3 is 6.09 Å². The fourth-order valence-electron chi connectivity index (χ4n) is 3.64. The van der Waals surface area contributed by atoms with Gasteiger partial charge in [-0.15, -0.1) is 0 Å². The lowest BCUT2D eigenvalue weighted by atomic mass is 9.98. The number of nitrogens with one attached hydrogen (secondary N) is 2. The predicted molar refractivity (Wildman–Crippen MR) is 119 cm³/mol. The highest BCUT2D eigenvalue weighted by Gasteiger charge is 2.28. The van der Waals surface area contributed by atoms with Crippen LogP contribution in [0.15, 0.2) is 78.3 Å². The largest absolute Gasteiger partial charge is 0.462 e.